The fourth-order valence-corrected chi connectivity index (χ4v) is 5.01. The highest BCUT2D eigenvalue weighted by Gasteiger charge is 2.26. The van der Waals surface area contributed by atoms with Crippen LogP contribution in [0.2, 0.25) is 0 Å². The van der Waals surface area contributed by atoms with E-state index in [1.165, 1.54) is 19.3 Å². The molecular weight excluding hydrogens is 384 g/mol. The summed E-state index contributed by atoms with van der Waals surface area (Å²) in [6.07, 6.45) is 5.51. The Morgan fingerprint density at radius 1 is 1.17 bits per heavy atom. The van der Waals surface area contributed by atoms with Crippen molar-refractivity contribution in [2.45, 2.75) is 46.1 Å². The highest BCUT2D eigenvalue weighted by atomic mass is 32.1. The third kappa shape index (κ3) is 4.18. The molecule has 1 aliphatic carbocycles. The van der Waals surface area contributed by atoms with Gasteiger partial charge in [-0.25, -0.2) is 9.97 Å². The molecule has 1 fully saturated rings. The van der Waals surface area contributed by atoms with Crippen molar-refractivity contribution in [3.8, 4) is 10.6 Å². The van der Waals surface area contributed by atoms with E-state index in [0.717, 1.165) is 38.0 Å². The molecule has 2 atom stereocenters. The number of aryl methyl sites for hydroxylation is 2. The van der Waals surface area contributed by atoms with Crippen LogP contribution >= 0.6 is 11.3 Å². The molecule has 3 heterocycles. The zero-order valence-electron chi connectivity index (χ0n) is 17.5. The Hall–Kier alpha value is -2.32. The molecule has 7 nitrogen and oxygen atoms in total. The van der Waals surface area contributed by atoms with Crippen molar-refractivity contribution in [1.29, 1.82) is 0 Å². The Bertz CT molecular complexity index is 1000. The van der Waals surface area contributed by atoms with E-state index in [0.29, 0.717) is 31.1 Å². The van der Waals surface area contributed by atoms with Crippen molar-refractivity contribution in [2.24, 2.45) is 5.92 Å². The normalized spacial score (nSPS) is 19.0. The number of anilines is 2. The van der Waals surface area contributed by atoms with Crippen LogP contribution in [0.25, 0.3) is 20.8 Å². The van der Waals surface area contributed by atoms with Gasteiger partial charge in [-0.2, -0.15) is 4.98 Å². The van der Waals surface area contributed by atoms with Gasteiger partial charge < -0.3 is 15.4 Å². The van der Waals surface area contributed by atoms with Gasteiger partial charge in [-0.15, -0.1) is 11.3 Å². The first-order valence-corrected chi connectivity index (χ1v) is 11.0. The fourth-order valence-electron chi connectivity index (χ4n) is 3.90. The summed E-state index contributed by atoms with van der Waals surface area (Å²) < 4.78 is 6.27. The number of pyridine rings is 1. The summed E-state index contributed by atoms with van der Waals surface area (Å²) in [5.41, 5.74) is 3.80. The standard InChI is InChI=1S/C21H28N6OS/c1-12-6-5-7-15(12)25-19-17(13(2)24-21(27-19)23-10-11-28-4)20-26-18-14(3)22-9-8-16(18)29-20/h8-9,12,15H,5-7,10-11H2,1-4H3,(H2,23,24,25,27). The number of rotatable bonds is 7. The minimum atomic E-state index is 0.424. The quantitative estimate of drug-likeness (QED) is 0.556. The molecule has 1 saturated carbocycles. The van der Waals surface area contributed by atoms with Crippen LogP contribution < -0.4 is 10.6 Å². The first-order valence-electron chi connectivity index (χ1n) is 10.2. The molecule has 0 radical (unpaired) electrons. The maximum absolute atomic E-state index is 5.14. The maximum atomic E-state index is 5.14. The number of nitrogens with zero attached hydrogens (tertiary/aromatic N) is 4. The number of ether oxygens (including phenoxy) is 1. The van der Waals surface area contributed by atoms with Gasteiger partial charge in [0, 0.05) is 25.9 Å². The van der Waals surface area contributed by atoms with Crippen molar-refractivity contribution in [3.63, 3.8) is 0 Å². The Kier molecular flexibility index (Phi) is 5.91. The second-order valence-electron chi connectivity index (χ2n) is 7.70. The van der Waals surface area contributed by atoms with Crippen molar-refractivity contribution >= 4 is 33.3 Å². The summed E-state index contributed by atoms with van der Waals surface area (Å²) in [4.78, 5) is 18.8. The number of hydrogen-bond acceptors (Lipinski definition) is 8. The molecule has 3 aromatic rings. The van der Waals surface area contributed by atoms with Crippen molar-refractivity contribution in [3.05, 3.63) is 23.7 Å². The lowest BCUT2D eigenvalue weighted by Gasteiger charge is -2.21. The van der Waals surface area contributed by atoms with Gasteiger partial charge in [0.15, 0.2) is 0 Å². The van der Waals surface area contributed by atoms with Crippen LogP contribution in [0.4, 0.5) is 11.8 Å². The monoisotopic (exact) mass is 412 g/mol. The summed E-state index contributed by atoms with van der Waals surface area (Å²) in [6, 6.07) is 2.44. The Labute approximate surface area is 175 Å². The lowest BCUT2D eigenvalue weighted by atomic mass is 10.1. The van der Waals surface area contributed by atoms with Crippen LogP contribution in [0.1, 0.15) is 37.6 Å². The maximum Gasteiger partial charge on any atom is 0.224 e. The Balaban J connectivity index is 1.76. The predicted octanol–water partition coefficient (Wildman–Crippen LogP) is 4.42. The van der Waals surface area contributed by atoms with Crippen molar-refractivity contribution < 1.29 is 4.74 Å². The van der Waals surface area contributed by atoms with Crippen LogP contribution in [0.5, 0.6) is 0 Å². The van der Waals surface area contributed by atoms with Gasteiger partial charge in [0.25, 0.3) is 0 Å². The predicted molar refractivity (Wildman–Crippen MR) is 119 cm³/mol. The molecule has 8 heteroatoms. The molecule has 0 saturated heterocycles. The first-order chi connectivity index (χ1) is 14.1. The van der Waals surface area contributed by atoms with Crippen LogP contribution in [0, 0.1) is 19.8 Å². The molecule has 0 aliphatic heterocycles. The van der Waals surface area contributed by atoms with Crippen LogP contribution in [0.3, 0.4) is 0 Å². The van der Waals surface area contributed by atoms with Crippen molar-refractivity contribution in [2.75, 3.05) is 30.9 Å². The highest BCUT2D eigenvalue weighted by Crippen LogP contribution is 2.38. The molecule has 2 unspecified atom stereocenters. The van der Waals surface area contributed by atoms with Crippen molar-refractivity contribution in [1.82, 2.24) is 19.9 Å². The minimum absolute atomic E-state index is 0.424. The van der Waals surface area contributed by atoms with Gasteiger partial charge in [-0.3, -0.25) is 4.98 Å². The number of hydrogen-bond donors (Lipinski definition) is 2. The summed E-state index contributed by atoms with van der Waals surface area (Å²) in [6.45, 7) is 7.61. The van der Waals surface area contributed by atoms with Gasteiger partial charge >= 0.3 is 0 Å². The molecule has 0 amide bonds. The molecular formula is C21H28N6OS. The minimum Gasteiger partial charge on any atom is -0.383 e. The van der Waals surface area contributed by atoms with Crippen LogP contribution in [-0.4, -0.2) is 46.2 Å². The summed E-state index contributed by atoms with van der Waals surface area (Å²) in [7, 11) is 1.69. The van der Waals surface area contributed by atoms with Gasteiger partial charge in [0.05, 0.1) is 28.3 Å². The van der Waals surface area contributed by atoms with E-state index >= 15 is 0 Å². The van der Waals surface area contributed by atoms with Gasteiger partial charge in [-0.1, -0.05) is 13.3 Å². The average Bonchev–Trinajstić information content (AvgIpc) is 3.29. The molecule has 4 rings (SSSR count). The number of thiazole rings is 1. The molecule has 29 heavy (non-hydrogen) atoms. The summed E-state index contributed by atoms with van der Waals surface area (Å²) in [5, 5.41) is 7.92. The van der Waals surface area contributed by atoms with E-state index in [2.05, 4.69) is 22.5 Å². The van der Waals surface area contributed by atoms with Gasteiger partial charge in [0.1, 0.15) is 16.3 Å². The fraction of sp³-hybridized carbons (Fsp3) is 0.524. The zero-order valence-corrected chi connectivity index (χ0v) is 18.3. The zero-order chi connectivity index (χ0) is 20.4. The largest absolute Gasteiger partial charge is 0.383 e. The van der Waals surface area contributed by atoms with E-state index in [9.17, 15) is 0 Å². The van der Waals surface area contributed by atoms with Crippen LogP contribution in [0.15, 0.2) is 12.3 Å². The molecule has 2 N–H and O–H groups in total. The third-order valence-corrected chi connectivity index (χ3v) is 6.60. The van der Waals surface area contributed by atoms with E-state index in [1.807, 2.05) is 26.1 Å². The molecule has 3 aromatic heterocycles. The second-order valence-corrected chi connectivity index (χ2v) is 8.73. The van der Waals surface area contributed by atoms with E-state index in [1.54, 1.807) is 18.4 Å². The lowest BCUT2D eigenvalue weighted by Crippen LogP contribution is -2.24. The van der Waals surface area contributed by atoms with Gasteiger partial charge in [0.2, 0.25) is 5.95 Å². The number of nitrogens with one attached hydrogen (secondary N) is 2. The lowest BCUT2D eigenvalue weighted by molar-refractivity contribution is 0.210. The van der Waals surface area contributed by atoms with E-state index in [-0.39, 0.29) is 0 Å². The average molecular weight is 413 g/mol. The third-order valence-electron chi connectivity index (χ3n) is 5.57. The molecule has 1 aliphatic rings. The SMILES string of the molecule is COCCNc1nc(C)c(-c2nc3c(C)nccc3s2)c(NC2CCCC2C)n1. The number of fused-ring (bicyclic) bond motifs is 1. The Morgan fingerprint density at radius 3 is 2.76 bits per heavy atom. The smallest absolute Gasteiger partial charge is 0.224 e. The Morgan fingerprint density at radius 2 is 2.03 bits per heavy atom. The molecule has 0 bridgehead atoms. The summed E-state index contributed by atoms with van der Waals surface area (Å²) in [5.74, 6) is 2.11. The molecule has 154 valence electrons. The first kappa shape index (κ1) is 20.0. The molecule has 0 aromatic carbocycles. The summed E-state index contributed by atoms with van der Waals surface area (Å²) >= 11 is 1.67. The van der Waals surface area contributed by atoms with E-state index in [4.69, 9.17) is 19.7 Å². The molecule has 0 spiro atoms. The highest BCUT2D eigenvalue weighted by molar-refractivity contribution is 7.21. The second kappa shape index (κ2) is 8.59. The van der Waals surface area contributed by atoms with E-state index < -0.39 is 0 Å². The number of aromatic nitrogens is 4. The topological polar surface area (TPSA) is 84.8 Å². The number of methoxy groups -OCH3 is 1. The van der Waals surface area contributed by atoms with Gasteiger partial charge in [-0.05, 0) is 38.7 Å². The van der Waals surface area contributed by atoms with Crippen LogP contribution in [-0.2, 0) is 4.74 Å².